The molecule has 3 N–H and O–H groups in total. The van der Waals surface area contributed by atoms with E-state index in [1.807, 2.05) is 13.8 Å². The Kier molecular flexibility index (Phi) is 4.27. The summed E-state index contributed by atoms with van der Waals surface area (Å²) in [6, 6.07) is 0.0150. The second-order valence-corrected chi connectivity index (χ2v) is 7.01. The molecule has 0 aliphatic carbocycles. The number of aromatic nitrogens is 2. The summed E-state index contributed by atoms with van der Waals surface area (Å²) >= 11 is 0. The number of aryl methyl sites for hydroxylation is 1. The van der Waals surface area contributed by atoms with Crippen molar-refractivity contribution in [1.29, 1.82) is 0 Å². The summed E-state index contributed by atoms with van der Waals surface area (Å²) in [7, 11) is -3.48. The Labute approximate surface area is 114 Å². The molecule has 0 spiro atoms. The van der Waals surface area contributed by atoms with Crippen LogP contribution in [0.5, 0.6) is 0 Å². The predicted octanol–water partition coefficient (Wildman–Crippen LogP) is 0.720. The summed E-state index contributed by atoms with van der Waals surface area (Å²) in [5.41, 5.74) is 5.68. The molecule has 108 valence electrons. The minimum Gasteiger partial charge on any atom is -0.332 e. The van der Waals surface area contributed by atoms with E-state index in [1.165, 1.54) is 6.20 Å². The molecule has 6 nitrogen and oxygen atoms in total. The summed E-state index contributed by atoms with van der Waals surface area (Å²) in [5.74, 6) is 0.943. The third-order valence-corrected chi connectivity index (χ3v) is 5.67. The lowest BCUT2D eigenvalue weighted by Gasteiger charge is -2.36. The van der Waals surface area contributed by atoms with Crippen LogP contribution in [0.1, 0.15) is 32.5 Å². The highest BCUT2D eigenvalue weighted by molar-refractivity contribution is 7.89. The van der Waals surface area contributed by atoms with E-state index >= 15 is 0 Å². The van der Waals surface area contributed by atoms with Crippen molar-refractivity contribution in [3.8, 4) is 0 Å². The molecule has 2 atom stereocenters. The van der Waals surface area contributed by atoms with Gasteiger partial charge in [-0.05, 0) is 32.2 Å². The summed E-state index contributed by atoms with van der Waals surface area (Å²) in [4.78, 5) is 6.96. The number of piperidine rings is 1. The van der Waals surface area contributed by atoms with Gasteiger partial charge in [0.05, 0.1) is 6.20 Å². The van der Waals surface area contributed by atoms with Gasteiger partial charge >= 0.3 is 0 Å². The molecule has 0 bridgehead atoms. The Bertz CT molecular complexity index is 526. The molecule has 1 aliphatic rings. The van der Waals surface area contributed by atoms with Crippen molar-refractivity contribution in [1.82, 2.24) is 14.3 Å². The second-order valence-electron chi connectivity index (χ2n) is 5.15. The zero-order valence-electron chi connectivity index (χ0n) is 11.5. The van der Waals surface area contributed by atoms with Crippen molar-refractivity contribution in [2.45, 2.75) is 44.2 Å². The maximum Gasteiger partial charge on any atom is 0.260 e. The number of H-pyrrole nitrogens is 1. The number of hydrogen-bond acceptors (Lipinski definition) is 4. The maximum atomic E-state index is 12.6. The first kappa shape index (κ1) is 14.5. The van der Waals surface area contributed by atoms with E-state index in [0.717, 1.165) is 12.8 Å². The van der Waals surface area contributed by atoms with E-state index in [2.05, 4.69) is 9.97 Å². The third-order valence-electron chi connectivity index (χ3n) is 3.78. The molecule has 1 aromatic heterocycles. The van der Waals surface area contributed by atoms with Crippen LogP contribution >= 0.6 is 0 Å². The lowest BCUT2D eigenvalue weighted by Crippen LogP contribution is -2.47. The van der Waals surface area contributed by atoms with E-state index < -0.39 is 10.0 Å². The molecule has 2 unspecified atom stereocenters. The van der Waals surface area contributed by atoms with Crippen LogP contribution in [0.2, 0.25) is 0 Å². The Balaban J connectivity index is 2.26. The number of nitrogens with zero attached hydrogens (tertiary/aromatic N) is 2. The summed E-state index contributed by atoms with van der Waals surface area (Å²) < 4.78 is 26.8. The number of rotatable bonds is 4. The molecule has 2 heterocycles. The van der Waals surface area contributed by atoms with Crippen LogP contribution in [-0.4, -0.2) is 41.8 Å². The zero-order chi connectivity index (χ0) is 14.0. The second kappa shape index (κ2) is 5.60. The highest BCUT2D eigenvalue weighted by Gasteiger charge is 2.35. The van der Waals surface area contributed by atoms with Crippen LogP contribution < -0.4 is 5.73 Å². The Morgan fingerprint density at radius 3 is 2.84 bits per heavy atom. The van der Waals surface area contributed by atoms with Crippen molar-refractivity contribution < 1.29 is 8.42 Å². The van der Waals surface area contributed by atoms with Crippen molar-refractivity contribution in [2.75, 3.05) is 13.1 Å². The highest BCUT2D eigenvalue weighted by Crippen LogP contribution is 2.27. The van der Waals surface area contributed by atoms with E-state index in [-0.39, 0.29) is 17.0 Å². The maximum absolute atomic E-state index is 12.6. The Hall–Kier alpha value is -0.920. The Morgan fingerprint density at radius 1 is 1.53 bits per heavy atom. The van der Waals surface area contributed by atoms with Gasteiger partial charge in [-0.2, -0.15) is 4.31 Å². The van der Waals surface area contributed by atoms with Crippen molar-refractivity contribution in [3.63, 3.8) is 0 Å². The average molecular weight is 286 g/mol. The summed E-state index contributed by atoms with van der Waals surface area (Å²) in [6.45, 7) is 4.91. The molecule has 0 radical (unpaired) electrons. The summed E-state index contributed by atoms with van der Waals surface area (Å²) in [6.07, 6.45) is 3.95. The quantitative estimate of drug-likeness (QED) is 0.853. The average Bonchev–Trinajstić information content (AvgIpc) is 2.88. The van der Waals surface area contributed by atoms with Gasteiger partial charge in [-0.25, -0.2) is 13.4 Å². The van der Waals surface area contributed by atoms with Gasteiger partial charge in [0.1, 0.15) is 5.82 Å². The molecular formula is C12H22N4O2S. The standard InChI is InChI=1S/C12H22N4O2S/c1-3-11-14-7-12(15-11)19(17,18)16-8-10(6-13)5-4-9(16)2/h7,9-10H,3-6,8,13H2,1-2H3,(H,14,15). The van der Waals surface area contributed by atoms with E-state index in [1.54, 1.807) is 4.31 Å². The summed E-state index contributed by atoms with van der Waals surface area (Å²) in [5, 5.41) is 0.189. The SMILES string of the molecule is CCc1ncc(S(=O)(=O)N2CC(CN)CCC2C)[nH]1. The van der Waals surface area contributed by atoms with Gasteiger partial charge in [-0.1, -0.05) is 6.92 Å². The van der Waals surface area contributed by atoms with Crippen LogP contribution in [0.15, 0.2) is 11.2 Å². The molecule has 0 amide bonds. The number of hydrogen-bond donors (Lipinski definition) is 2. The van der Waals surface area contributed by atoms with E-state index in [9.17, 15) is 8.42 Å². The molecule has 1 fully saturated rings. The molecule has 1 aromatic rings. The Morgan fingerprint density at radius 2 is 2.26 bits per heavy atom. The zero-order valence-corrected chi connectivity index (χ0v) is 12.3. The fourth-order valence-corrected chi connectivity index (χ4v) is 4.13. The number of aromatic amines is 1. The first-order chi connectivity index (χ1) is 8.98. The third kappa shape index (κ3) is 2.82. The van der Waals surface area contributed by atoms with Gasteiger partial charge in [0.25, 0.3) is 10.0 Å². The van der Waals surface area contributed by atoms with Crippen LogP contribution in [0.25, 0.3) is 0 Å². The lowest BCUT2D eigenvalue weighted by atomic mass is 9.96. The lowest BCUT2D eigenvalue weighted by molar-refractivity contribution is 0.210. The molecular weight excluding hydrogens is 264 g/mol. The first-order valence-electron chi connectivity index (χ1n) is 6.74. The molecule has 0 saturated carbocycles. The van der Waals surface area contributed by atoms with E-state index in [0.29, 0.717) is 25.3 Å². The van der Waals surface area contributed by atoms with Gasteiger partial charge in [-0.15, -0.1) is 0 Å². The first-order valence-corrected chi connectivity index (χ1v) is 8.18. The molecule has 2 rings (SSSR count). The molecule has 1 aliphatic heterocycles. The largest absolute Gasteiger partial charge is 0.332 e. The van der Waals surface area contributed by atoms with Crippen LogP contribution in [0, 0.1) is 5.92 Å². The predicted molar refractivity (Wildman–Crippen MR) is 73.1 cm³/mol. The van der Waals surface area contributed by atoms with Crippen molar-refractivity contribution in [2.24, 2.45) is 11.7 Å². The van der Waals surface area contributed by atoms with Crippen molar-refractivity contribution in [3.05, 3.63) is 12.0 Å². The van der Waals surface area contributed by atoms with Gasteiger partial charge in [0, 0.05) is 19.0 Å². The smallest absolute Gasteiger partial charge is 0.260 e. The minimum atomic E-state index is -3.48. The number of sulfonamides is 1. The van der Waals surface area contributed by atoms with Gasteiger partial charge in [-0.3, -0.25) is 0 Å². The molecule has 0 aromatic carbocycles. The van der Waals surface area contributed by atoms with E-state index in [4.69, 9.17) is 5.73 Å². The number of imidazole rings is 1. The number of nitrogens with two attached hydrogens (primary N) is 1. The normalized spacial score (nSPS) is 25.6. The van der Waals surface area contributed by atoms with Gasteiger partial charge in [0.15, 0.2) is 5.03 Å². The fraction of sp³-hybridized carbons (Fsp3) is 0.750. The van der Waals surface area contributed by atoms with Crippen LogP contribution in [-0.2, 0) is 16.4 Å². The monoisotopic (exact) mass is 286 g/mol. The number of nitrogens with one attached hydrogen (secondary N) is 1. The highest BCUT2D eigenvalue weighted by atomic mass is 32.2. The van der Waals surface area contributed by atoms with Crippen molar-refractivity contribution >= 4 is 10.0 Å². The topological polar surface area (TPSA) is 92.1 Å². The van der Waals surface area contributed by atoms with Crippen LogP contribution in [0.3, 0.4) is 0 Å². The fourth-order valence-electron chi connectivity index (χ4n) is 2.45. The minimum absolute atomic E-state index is 0.0150. The molecule has 19 heavy (non-hydrogen) atoms. The molecule has 7 heteroatoms. The molecule has 1 saturated heterocycles. The van der Waals surface area contributed by atoms with Crippen LogP contribution in [0.4, 0.5) is 0 Å². The van der Waals surface area contributed by atoms with Gasteiger partial charge in [0.2, 0.25) is 0 Å². The van der Waals surface area contributed by atoms with Gasteiger partial charge < -0.3 is 10.7 Å².